The van der Waals surface area contributed by atoms with Gasteiger partial charge in [0.05, 0.1) is 0 Å². The largest absolute Gasteiger partial charge is 0.492 e. The number of benzene rings is 1. The van der Waals surface area contributed by atoms with Crippen LogP contribution in [0.2, 0.25) is 0 Å². The zero-order chi connectivity index (χ0) is 11.4. The summed E-state index contributed by atoms with van der Waals surface area (Å²) in [7, 11) is 0. The fraction of sp³-hybridized carbons (Fsp3) is 0.538. The Morgan fingerprint density at radius 3 is 2.62 bits per heavy atom. The third-order valence-electron chi connectivity index (χ3n) is 3.06. The highest BCUT2D eigenvalue weighted by molar-refractivity contribution is 5.26. The summed E-state index contributed by atoms with van der Waals surface area (Å²) in [6.45, 7) is 6.93. The van der Waals surface area contributed by atoms with Gasteiger partial charge in [0.25, 0.3) is 0 Å². The average molecular weight is 220 g/mol. The molecule has 3 nitrogen and oxygen atoms in total. The van der Waals surface area contributed by atoms with Crippen LogP contribution >= 0.6 is 0 Å². The third kappa shape index (κ3) is 2.97. The van der Waals surface area contributed by atoms with Crippen molar-refractivity contribution in [2.24, 2.45) is 11.7 Å². The van der Waals surface area contributed by atoms with Gasteiger partial charge in [-0.05, 0) is 31.5 Å². The molecule has 1 aromatic rings. The summed E-state index contributed by atoms with van der Waals surface area (Å²) < 4.78 is 5.66. The summed E-state index contributed by atoms with van der Waals surface area (Å²) in [5, 5.41) is 0. The number of nitrogens with zero attached hydrogens (tertiary/aromatic N) is 1. The van der Waals surface area contributed by atoms with Crippen molar-refractivity contribution in [3.8, 4) is 5.75 Å². The minimum atomic E-state index is 0.708. The first kappa shape index (κ1) is 11.4. The fourth-order valence-electron chi connectivity index (χ4n) is 1.94. The van der Waals surface area contributed by atoms with E-state index in [0.29, 0.717) is 5.92 Å². The zero-order valence-corrected chi connectivity index (χ0v) is 9.86. The average Bonchev–Trinajstić information content (AvgIpc) is 2.24. The molecule has 0 saturated carbocycles. The Kier molecular flexibility index (Phi) is 3.80. The molecule has 1 saturated heterocycles. The molecule has 1 fully saturated rings. The Balaban J connectivity index is 1.63. The minimum Gasteiger partial charge on any atom is -0.492 e. The lowest BCUT2D eigenvalue weighted by Crippen LogP contribution is -2.50. The number of hydrogen-bond acceptors (Lipinski definition) is 3. The molecule has 0 atom stereocenters. The molecular formula is C13H20N2O. The van der Waals surface area contributed by atoms with Crippen molar-refractivity contribution in [3.63, 3.8) is 0 Å². The van der Waals surface area contributed by atoms with Crippen LogP contribution in [0.15, 0.2) is 24.3 Å². The van der Waals surface area contributed by atoms with Gasteiger partial charge < -0.3 is 10.5 Å². The summed E-state index contributed by atoms with van der Waals surface area (Å²) in [5.41, 5.74) is 6.84. The summed E-state index contributed by atoms with van der Waals surface area (Å²) in [4.78, 5) is 2.38. The van der Waals surface area contributed by atoms with E-state index >= 15 is 0 Å². The SMILES string of the molecule is Cc1ccc(OCCN2CC(CN)C2)cc1. The molecule has 1 aliphatic rings. The molecule has 88 valence electrons. The molecule has 0 aliphatic carbocycles. The maximum Gasteiger partial charge on any atom is 0.119 e. The van der Waals surface area contributed by atoms with Crippen LogP contribution in [0.25, 0.3) is 0 Å². The Bertz CT molecular complexity index is 317. The van der Waals surface area contributed by atoms with Crippen molar-refractivity contribution in [1.29, 1.82) is 0 Å². The van der Waals surface area contributed by atoms with Crippen LogP contribution in [0.4, 0.5) is 0 Å². The first-order valence-electron chi connectivity index (χ1n) is 5.90. The number of likely N-dealkylation sites (tertiary alicyclic amines) is 1. The lowest BCUT2D eigenvalue weighted by molar-refractivity contribution is 0.0875. The minimum absolute atomic E-state index is 0.708. The molecule has 1 aromatic carbocycles. The van der Waals surface area contributed by atoms with Crippen LogP contribution in [0, 0.1) is 12.8 Å². The molecule has 3 heteroatoms. The van der Waals surface area contributed by atoms with Gasteiger partial charge in [-0.1, -0.05) is 17.7 Å². The van der Waals surface area contributed by atoms with E-state index in [4.69, 9.17) is 10.5 Å². The summed E-state index contributed by atoms with van der Waals surface area (Å²) in [5.74, 6) is 1.67. The third-order valence-corrected chi connectivity index (χ3v) is 3.06. The lowest BCUT2D eigenvalue weighted by atomic mass is 10.0. The maximum absolute atomic E-state index is 5.66. The van der Waals surface area contributed by atoms with E-state index in [1.54, 1.807) is 0 Å². The van der Waals surface area contributed by atoms with Gasteiger partial charge in [0.2, 0.25) is 0 Å². The van der Waals surface area contributed by atoms with E-state index < -0.39 is 0 Å². The molecule has 0 amide bonds. The van der Waals surface area contributed by atoms with E-state index in [-0.39, 0.29) is 0 Å². The summed E-state index contributed by atoms with van der Waals surface area (Å²) in [6.07, 6.45) is 0. The van der Waals surface area contributed by atoms with Crippen LogP contribution in [0.1, 0.15) is 5.56 Å². The molecule has 0 radical (unpaired) electrons. The fourth-order valence-corrected chi connectivity index (χ4v) is 1.94. The van der Waals surface area contributed by atoms with Gasteiger partial charge in [0, 0.05) is 19.6 Å². The van der Waals surface area contributed by atoms with Crippen molar-refractivity contribution in [2.75, 3.05) is 32.8 Å². The predicted octanol–water partition coefficient (Wildman–Crippen LogP) is 1.26. The van der Waals surface area contributed by atoms with Gasteiger partial charge in [0.15, 0.2) is 0 Å². The quantitative estimate of drug-likeness (QED) is 0.812. The van der Waals surface area contributed by atoms with Gasteiger partial charge >= 0.3 is 0 Å². The van der Waals surface area contributed by atoms with Crippen molar-refractivity contribution in [1.82, 2.24) is 4.90 Å². The first-order valence-corrected chi connectivity index (χ1v) is 5.90. The molecule has 1 aliphatic heterocycles. The van der Waals surface area contributed by atoms with Crippen LogP contribution < -0.4 is 10.5 Å². The molecule has 16 heavy (non-hydrogen) atoms. The van der Waals surface area contributed by atoms with Crippen molar-refractivity contribution < 1.29 is 4.74 Å². The Hall–Kier alpha value is -1.06. The Morgan fingerprint density at radius 1 is 1.31 bits per heavy atom. The normalized spacial score (nSPS) is 17.1. The number of hydrogen-bond donors (Lipinski definition) is 1. The second-order valence-corrected chi connectivity index (χ2v) is 4.52. The highest BCUT2D eigenvalue weighted by Crippen LogP contribution is 2.14. The molecular weight excluding hydrogens is 200 g/mol. The van der Waals surface area contributed by atoms with E-state index in [0.717, 1.165) is 38.5 Å². The van der Waals surface area contributed by atoms with Gasteiger partial charge in [-0.3, -0.25) is 4.90 Å². The Labute approximate surface area is 97.2 Å². The van der Waals surface area contributed by atoms with Gasteiger partial charge in [-0.15, -0.1) is 0 Å². The Morgan fingerprint density at radius 2 is 2.00 bits per heavy atom. The number of rotatable bonds is 5. The summed E-state index contributed by atoms with van der Waals surface area (Å²) >= 11 is 0. The molecule has 0 spiro atoms. The van der Waals surface area contributed by atoms with Crippen molar-refractivity contribution >= 4 is 0 Å². The molecule has 2 rings (SSSR count). The van der Waals surface area contributed by atoms with Crippen LogP contribution in [-0.4, -0.2) is 37.7 Å². The number of ether oxygens (including phenoxy) is 1. The van der Waals surface area contributed by atoms with Gasteiger partial charge in [-0.2, -0.15) is 0 Å². The van der Waals surface area contributed by atoms with E-state index in [2.05, 4.69) is 24.0 Å². The monoisotopic (exact) mass is 220 g/mol. The predicted molar refractivity (Wildman–Crippen MR) is 65.7 cm³/mol. The van der Waals surface area contributed by atoms with Crippen LogP contribution in [0.5, 0.6) is 5.75 Å². The smallest absolute Gasteiger partial charge is 0.119 e. The highest BCUT2D eigenvalue weighted by Gasteiger charge is 2.24. The zero-order valence-electron chi connectivity index (χ0n) is 9.86. The maximum atomic E-state index is 5.66. The van der Waals surface area contributed by atoms with Gasteiger partial charge in [0.1, 0.15) is 12.4 Å². The van der Waals surface area contributed by atoms with Crippen LogP contribution in [-0.2, 0) is 0 Å². The molecule has 0 unspecified atom stereocenters. The van der Waals surface area contributed by atoms with Gasteiger partial charge in [-0.25, -0.2) is 0 Å². The summed E-state index contributed by atoms with van der Waals surface area (Å²) in [6, 6.07) is 8.19. The number of aryl methyl sites for hydroxylation is 1. The van der Waals surface area contributed by atoms with E-state index in [1.807, 2.05) is 12.1 Å². The van der Waals surface area contributed by atoms with Crippen molar-refractivity contribution in [3.05, 3.63) is 29.8 Å². The molecule has 2 N–H and O–H groups in total. The first-order chi connectivity index (χ1) is 7.78. The van der Waals surface area contributed by atoms with Crippen LogP contribution in [0.3, 0.4) is 0 Å². The topological polar surface area (TPSA) is 38.5 Å². The lowest BCUT2D eigenvalue weighted by Gasteiger charge is -2.38. The molecule has 0 aromatic heterocycles. The van der Waals surface area contributed by atoms with E-state index in [1.165, 1.54) is 5.56 Å². The highest BCUT2D eigenvalue weighted by atomic mass is 16.5. The standard InChI is InChI=1S/C13H20N2O/c1-11-2-4-13(5-3-11)16-7-6-15-9-12(8-14)10-15/h2-5,12H,6-10,14H2,1H3. The van der Waals surface area contributed by atoms with Crippen molar-refractivity contribution in [2.45, 2.75) is 6.92 Å². The molecule has 1 heterocycles. The second-order valence-electron chi connectivity index (χ2n) is 4.52. The number of nitrogens with two attached hydrogens (primary N) is 1. The molecule has 0 bridgehead atoms. The van der Waals surface area contributed by atoms with E-state index in [9.17, 15) is 0 Å². The second kappa shape index (κ2) is 5.32.